The highest BCUT2D eigenvalue weighted by Crippen LogP contribution is 2.06. The molecule has 0 fully saturated rings. The lowest BCUT2D eigenvalue weighted by Gasteiger charge is -1.90. The van der Waals surface area contributed by atoms with Crippen LogP contribution < -0.4 is 0 Å². The van der Waals surface area contributed by atoms with Crippen LogP contribution in [0.1, 0.15) is 24.6 Å². The number of halogens is 1. The largest absolute Gasteiger partial charge is 0.274 e. The number of alkyl halides is 1. The van der Waals surface area contributed by atoms with Crippen molar-refractivity contribution in [1.82, 2.24) is 9.78 Å². The summed E-state index contributed by atoms with van der Waals surface area (Å²) in [5.74, 6) is 6.22. The molecule has 2 nitrogen and oxygen atoms in total. The SMILES string of the molecule is CCCc1nn(C)cc1C#CCCl. The summed E-state index contributed by atoms with van der Waals surface area (Å²) in [5.41, 5.74) is 2.08. The summed E-state index contributed by atoms with van der Waals surface area (Å²) in [5, 5.41) is 4.32. The predicted molar refractivity (Wildman–Crippen MR) is 54.8 cm³/mol. The third kappa shape index (κ3) is 2.78. The molecule has 0 aromatic carbocycles. The lowest BCUT2D eigenvalue weighted by Crippen LogP contribution is -1.90. The molecular formula is C10H13ClN2. The Bertz CT molecular complexity index is 330. The minimum atomic E-state index is 0.375. The Kier molecular flexibility index (Phi) is 3.85. The first-order chi connectivity index (χ1) is 6.27. The monoisotopic (exact) mass is 196 g/mol. The van der Waals surface area contributed by atoms with Gasteiger partial charge < -0.3 is 0 Å². The highest BCUT2D eigenvalue weighted by molar-refractivity contribution is 6.19. The van der Waals surface area contributed by atoms with E-state index in [1.165, 1.54) is 0 Å². The van der Waals surface area contributed by atoms with Gasteiger partial charge in [-0.3, -0.25) is 4.68 Å². The van der Waals surface area contributed by atoms with Gasteiger partial charge >= 0.3 is 0 Å². The summed E-state index contributed by atoms with van der Waals surface area (Å²) in [6.07, 6.45) is 4.00. The second kappa shape index (κ2) is 4.94. The molecule has 0 aliphatic heterocycles. The van der Waals surface area contributed by atoms with Crippen molar-refractivity contribution < 1.29 is 0 Å². The molecule has 1 aromatic heterocycles. The van der Waals surface area contributed by atoms with Crippen molar-refractivity contribution in [3.8, 4) is 11.8 Å². The van der Waals surface area contributed by atoms with Gasteiger partial charge in [0.15, 0.2) is 0 Å². The minimum absolute atomic E-state index is 0.375. The molecule has 0 amide bonds. The molecular weight excluding hydrogens is 184 g/mol. The Labute approximate surface area is 83.9 Å². The van der Waals surface area contributed by atoms with Gasteiger partial charge in [-0.15, -0.1) is 11.6 Å². The summed E-state index contributed by atoms with van der Waals surface area (Å²) >= 11 is 5.49. The van der Waals surface area contributed by atoms with E-state index in [1.54, 1.807) is 4.68 Å². The van der Waals surface area contributed by atoms with Crippen molar-refractivity contribution in [1.29, 1.82) is 0 Å². The Hall–Kier alpha value is -0.940. The van der Waals surface area contributed by atoms with Crippen LogP contribution >= 0.6 is 11.6 Å². The van der Waals surface area contributed by atoms with Crippen LogP contribution in [0.2, 0.25) is 0 Å². The average Bonchev–Trinajstić information content (AvgIpc) is 2.44. The number of hydrogen-bond donors (Lipinski definition) is 0. The fraction of sp³-hybridized carbons (Fsp3) is 0.500. The summed E-state index contributed by atoms with van der Waals surface area (Å²) in [6.45, 7) is 2.13. The zero-order valence-corrected chi connectivity index (χ0v) is 8.73. The van der Waals surface area contributed by atoms with Gasteiger partial charge in [-0.05, 0) is 6.42 Å². The van der Waals surface area contributed by atoms with Gasteiger partial charge in [0.25, 0.3) is 0 Å². The predicted octanol–water partition coefficient (Wildman–Crippen LogP) is 1.96. The van der Waals surface area contributed by atoms with E-state index in [9.17, 15) is 0 Å². The van der Waals surface area contributed by atoms with E-state index < -0.39 is 0 Å². The number of rotatable bonds is 2. The molecule has 0 saturated heterocycles. The van der Waals surface area contributed by atoms with E-state index in [4.69, 9.17) is 11.6 Å². The molecule has 0 atom stereocenters. The lowest BCUT2D eigenvalue weighted by atomic mass is 10.2. The zero-order chi connectivity index (χ0) is 9.68. The van der Waals surface area contributed by atoms with Crippen molar-refractivity contribution in [3.05, 3.63) is 17.5 Å². The average molecular weight is 197 g/mol. The summed E-state index contributed by atoms with van der Waals surface area (Å²) in [7, 11) is 1.91. The molecule has 0 saturated carbocycles. The second-order valence-corrected chi connectivity index (χ2v) is 3.12. The summed E-state index contributed by atoms with van der Waals surface area (Å²) in [6, 6.07) is 0. The van der Waals surface area contributed by atoms with E-state index in [0.717, 1.165) is 24.1 Å². The van der Waals surface area contributed by atoms with Crippen molar-refractivity contribution in [2.45, 2.75) is 19.8 Å². The number of hydrogen-bond acceptors (Lipinski definition) is 1. The smallest absolute Gasteiger partial charge is 0.0839 e. The summed E-state index contributed by atoms with van der Waals surface area (Å²) < 4.78 is 1.79. The zero-order valence-electron chi connectivity index (χ0n) is 7.97. The second-order valence-electron chi connectivity index (χ2n) is 2.85. The Balaban J connectivity index is 2.90. The van der Waals surface area contributed by atoms with Gasteiger partial charge in [-0.1, -0.05) is 25.2 Å². The van der Waals surface area contributed by atoms with E-state index in [-0.39, 0.29) is 0 Å². The molecule has 70 valence electrons. The van der Waals surface area contributed by atoms with Gasteiger partial charge in [-0.25, -0.2) is 0 Å². The molecule has 0 N–H and O–H groups in total. The maximum absolute atomic E-state index is 5.49. The maximum Gasteiger partial charge on any atom is 0.0839 e. The van der Waals surface area contributed by atoms with Crippen LogP contribution in [0.4, 0.5) is 0 Å². The summed E-state index contributed by atoms with van der Waals surface area (Å²) in [4.78, 5) is 0. The number of nitrogens with zero attached hydrogens (tertiary/aromatic N) is 2. The molecule has 0 unspecified atom stereocenters. The molecule has 0 bridgehead atoms. The molecule has 1 heterocycles. The molecule has 3 heteroatoms. The molecule has 1 rings (SSSR count). The van der Waals surface area contributed by atoms with Gasteiger partial charge in [0, 0.05) is 13.2 Å². The maximum atomic E-state index is 5.49. The van der Waals surface area contributed by atoms with Gasteiger partial charge in [0.05, 0.1) is 17.1 Å². The fourth-order valence-corrected chi connectivity index (χ4v) is 1.26. The van der Waals surface area contributed by atoms with E-state index in [2.05, 4.69) is 23.9 Å². The van der Waals surface area contributed by atoms with Crippen molar-refractivity contribution in [2.24, 2.45) is 7.05 Å². The molecule has 13 heavy (non-hydrogen) atoms. The van der Waals surface area contributed by atoms with Crippen molar-refractivity contribution in [3.63, 3.8) is 0 Å². The Morgan fingerprint density at radius 3 is 3.00 bits per heavy atom. The van der Waals surface area contributed by atoms with Crippen LogP contribution in [0, 0.1) is 11.8 Å². The first-order valence-corrected chi connectivity index (χ1v) is 4.88. The minimum Gasteiger partial charge on any atom is -0.274 e. The molecule has 1 aromatic rings. The van der Waals surface area contributed by atoms with E-state index in [0.29, 0.717) is 5.88 Å². The van der Waals surface area contributed by atoms with Crippen LogP contribution in [0.25, 0.3) is 0 Å². The fourth-order valence-electron chi connectivity index (χ4n) is 1.19. The highest BCUT2D eigenvalue weighted by Gasteiger charge is 2.02. The number of aryl methyl sites for hydroxylation is 2. The normalized spacial score (nSPS) is 9.46. The van der Waals surface area contributed by atoms with Gasteiger partial charge in [-0.2, -0.15) is 5.10 Å². The number of aromatic nitrogens is 2. The quantitative estimate of drug-likeness (QED) is 0.523. The van der Waals surface area contributed by atoms with Crippen LogP contribution in [-0.2, 0) is 13.5 Å². The molecule has 0 aliphatic rings. The third-order valence-corrected chi connectivity index (χ3v) is 1.82. The highest BCUT2D eigenvalue weighted by atomic mass is 35.5. The first kappa shape index (κ1) is 10.1. The van der Waals surface area contributed by atoms with Gasteiger partial charge in [0.1, 0.15) is 0 Å². The Morgan fingerprint density at radius 2 is 2.38 bits per heavy atom. The van der Waals surface area contributed by atoms with E-state index >= 15 is 0 Å². The van der Waals surface area contributed by atoms with E-state index in [1.807, 2.05) is 13.2 Å². The van der Waals surface area contributed by atoms with Crippen molar-refractivity contribution in [2.75, 3.05) is 5.88 Å². The van der Waals surface area contributed by atoms with Gasteiger partial charge in [0.2, 0.25) is 0 Å². The molecule has 0 spiro atoms. The van der Waals surface area contributed by atoms with Crippen molar-refractivity contribution >= 4 is 11.6 Å². The molecule has 0 aliphatic carbocycles. The van der Waals surface area contributed by atoms with Crippen LogP contribution in [0.5, 0.6) is 0 Å². The standard InChI is InChI=1S/C10H13ClN2/c1-3-5-10-9(6-4-7-11)8-13(2)12-10/h8H,3,5,7H2,1-2H3. The van der Waals surface area contributed by atoms with Crippen LogP contribution in [-0.4, -0.2) is 15.7 Å². The third-order valence-electron chi connectivity index (χ3n) is 1.68. The van der Waals surface area contributed by atoms with Crippen LogP contribution in [0.3, 0.4) is 0 Å². The lowest BCUT2D eigenvalue weighted by molar-refractivity contribution is 0.733. The molecule has 0 radical (unpaired) electrons. The Morgan fingerprint density at radius 1 is 1.62 bits per heavy atom. The topological polar surface area (TPSA) is 17.8 Å². The van der Waals surface area contributed by atoms with Crippen LogP contribution in [0.15, 0.2) is 6.20 Å². The first-order valence-electron chi connectivity index (χ1n) is 4.35.